The van der Waals surface area contributed by atoms with Gasteiger partial charge in [-0.05, 0) is 49.5 Å². The molecule has 1 aromatic carbocycles. The highest BCUT2D eigenvalue weighted by molar-refractivity contribution is 5.79. The lowest BCUT2D eigenvalue weighted by Gasteiger charge is -2.27. The van der Waals surface area contributed by atoms with Crippen molar-refractivity contribution < 1.29 is 9.53 Å². The summed E-state index contributed by atoms with van der Waals surface area (Å²) in [6.45, 7) is 9.31. The first-order valence-corrected chi connectivity index (χ1v) is 10.1. The Morgan fingerprint density at radius 2 is 2.08 bits per heavy atom. The molecule has 0 radical (unpaired) electrons. The molecule has 1 aliphatic carbocycles. The van der Waals surface area contributed by atoms with E-state index in [1.54, 1.807) is 0 Å². The zero-order valence-corrected chi connectivity index (χ0v) is 16.5. The van der Waals surface area contributed by atoms with E-state index in [4.69, 9.17) is 4.74 Å². The molecule has 1 aliphatic heterocycles. The molecule has 1 heterocycles. The average Bonchev–Trinajstić information content (AvgIpc) is 2.89. The van der Waals surface area contributed by atoms with Crippen LogP contribution in [0.2, 0.25) is 0 Å². The minimum atomic E-state index is -0.180. The van der Waals surface area contributed by atoms with Gasteiger partial charge in [0, 0.05) is 19.1 Å². The molecule has 26 heavy (non-hydrogen) atoms. The van der Waals surface area contributed by atoms with Crippen molar-refractivity contribution >= 4 is 5.97 Å². The summed E-state index contributed by atoms with van der Waals surface area (Å²) >= 11 is 0. The number of likely N-dealkylation sites (tertiary alicyclic amines) is 1. The van der Waals surface area contributed by atoms with Crippen LogP contribution in [0.5, 0.6) is 0 Å². The van der Waals surface area contributed by atoms with Crippen molar-refractivity contribution in [3.8, 4) is 0 Å². The van der Waals surface area contributed by atoms with Crippen molar-refractivity contribution in [2.75, 3.05) is 19.7 Å². The summed E-state index contributed by atoms with van der Waals surface area (Å²) in [7, 11) is 0. The van der Waals surface area contributed by atoms with Gasteiger partial charge in [0.1, 0.15) is 6.61 Å². The van der Waals surface area contributed by atoms with Gasteiger partial charge in [0.25, 0.3) is 0 Å². The molecular weight excluding hydrogens is 322 g/mol. The van der Waals surface area contributed by atoms with Crippen LogP contribution in [-0.4, -0.2) is 36.6 Å². The summed E-state index contributed by atoms with van der Waals surface area (Å²) in [6, 6.07) is 10.7. The average molecular weight is 356 g/mol. The van der Waals surface area contributed by atoms with E-state index in [0.717, 1.165) is 37.9 Å². The van der Waals surface area contributed by atoms with Crippen molar-refractivity contribution in [3.05, 3.63) is 48.0 Å². The maximum absolute atomic E-state index is 13.0. The van der Waals surface area contributed by atoms with Gasteiger partial charge in [-0.25, -0.2) is 0 Å². The van der Waals surface area contributed by atoms with Crippen LogP contribution in [0.3, 0.4) is 0 Å². The first-order valence-electron chi connectivity index (χ1n) is 10.1. The van der Waals surface area contributed by atoms with Gasteiger partial charge in [-0.2, -0.15) is 0 Å². The first kappa shape index (κ1) is 19.2. The molecule has 0 aromatic heterocycles. The molecule has 0 spiro atoms. The number of nitrogens with zero attached hydrogens (tertiary/aromatic N) is 1. The lowest BCUT2D eigenvalue weighted by atomic mass is 9.80. The summed E-state index contributed by atoms with van der Waals surface area (Å²) in [5.74, 6) is 0.00217. The van der Waals surface area contributed by atoms with Crippen molar-refractivity contribution in [1.29, 1.82) is 0 Å². The lowest BCUT2D eigenvalue weighted by molar-refractivity contribution is -0.147. The molecule has 0 saturated carbocycles. The van der Waals surface area contributed by atoms with Crippen LogP contribution in [0.25, 0.3) is 0 Å². The maximum Gasteiger partial charge on any atom is 0.314 e. The lowest BCUT2D eigenvalue weighted by Crippen LogP contribution is -2.33. The second-order valence-electron chi connectivity index (χ2n) is 8.77. The number of carbonyl (C=O) groups is 1. The Balaban J connectivity index is 1.61. The molecule has 1 saturated heterocycles. The minimum Gasteiger partial charge on any atom is -0.464 e. The van der Waals surface area contributed by atoms with Gasteiger partial charge in [0.05, 0.1) is 5.92 Å². The van der Waals surface area contributed by atoms with Crippen LogP contribution < -0.4 is 0 Å². The summed E-state index contributed by atoms with van der Waals surface area (Å²) < 4.78 is 5.78. The molecule has 0 bridgehead atoms. The third-order valence-corrected chi connectivity index (χ3v) is 5.86. The Kier molecular flexibility index (Phi) is 6.18. The fraction of sp³-hybridized carbons (Fsp3) is 0.609. The highest BCUT2D eigenvalue weighted by atomic mass is 16.5. The maximum atomic E-state index is 13.0. The Morgan fingerprint density at radius 3 is 2.69 bits per heavy atom. The second kappa shape index (κ2) is 8.39. The number of hydrogen-bond acceptors (Lipinski definition) is 3. The van der Waals surface area contributed by atoms with Gasteiger partial charge in [0.2, 0.25) is 0 Å². The molecule has 1 aromatic rings. The third-order valence-electron chi connectivity index (χ3n) is 5.86. The van der Waals surface area contributed by atoms with Crippen molar-refractivity contribution in [3.63, 3.8) is 0 Å². The number of rotatable bonds is 6. The number of carbonyl (C=O) groups excluding carboxylic acids is 1. The van der Waals surface area contributed by atoms with E-state index in [1.165, 1.54) is 6.42 Å². The van der Waals surface area contributed by atoms with E-state index in [2.05, 4.69) is 50.0 Å². The highest BCUT2D eigenvalue weighted by Crippen LogP contribution is 2.35. The standard InChI is InChI=1S/C23H33NO2/c1-18-16-23(2,3)17-24(18)14-15-26-22(25)21(19-10-6-4-7-11-19)20-12-8-5-9-13-20/h4,6-8,10-12,18,20-21H,5,9,13-17H2,1-3H3. The molecular formula is C23H33NO2. The zero-order chi connectivity index (χ0) is 18.6. The van der Waals surface area contributed by atoms with Crippen LogP contribution in [0.4, 0.5) is 0 Å². The Morgan fingerprint density at radius 1 is 1.31 bits per heavy atom. The van der Waals surface area contributed by atoms with Gasteiger partial charge in [-0.15, -0.1) is 0 Å². The van der Waals surface area contributed by atoms with Gasteiger partial charge >= 0.3 is 5.97 Å². The summed E-state index contributed by atoms with van der Waals surface area (Å²) in [4.78, 5) is 15.4. The van der Waals surface area contributed by atoms with Gasteiger partial charge in [-0.3, -0.25) is 9.69 Å². The number of esters is 1. The van der Waals surface area contributed by atoms with Gasteiger partial charge in [-0.1, -0.05) is 56.3 Å². The quantitative estimate of drug-likeness (QED) is 0.543. The first-order chi connectivity index (χ1) is 12.5. The van der Waals surface area contributed by atoms with Crippen LogP contribution in [0.1, 0.15) is 57.9 Å². The predicted octanol–water partition coefficient (Wildman–Crippen LogP) is 4.79. The van der Waals surface area contributed by atoms with Crippen LogP contribution in [0.15, 0.2) is 42.5 Å². The van der Waals surface area contributed by atoms with Crippen molar-refractivity contribution in [1.82, 2.24) is 4.90 Å². The molecule has 0 N–H and O–H groups in total. The van der Waals surface area contributed by atoms with Crippen LogP contribution in [0, 0.1) is 11.3 Å². The Hall–Kier alpha value is -1.61. The predicted molar refractivity (Wildman–Crippen MR) is 106 cm³/mol. The summed E-state index contributed by atoms with van der Waals surface area (Å²) in [6.07, 6.45) is 8.97. The SMILES string of the molecule is CC1CC(C)(C)CN1CCOC(=O)C(c1ccccc1)C1C=CCCC1. The second-order valence-corrected chi connectivity index (χ2v) is 8.77. The third kappa shape index (κ3) is 4.76. The zero-order valence-electron chi connectivity index (χ0n) is 16.5. The number of ether oxygens (including phenoxy) is 1. The van der Waals surface area contributed by atoms with E-state index >= 15 is 0 Å². The normalized spacial score (nSPS) is 26.6. The molecule has 3 unspecified atom stereocenters. The van der Waals surface area contributed by atoms with E-state index in [-0.39, 0.29) is 17.8 Å². The molecule has 1 fully saturated rings. The van der Waals surface area contributed by atoms with Gasteiger partial charge in [0.15, 0.2) is 0 Å². The highest BCUT2D eigenvalue weighted by Gasteiger charge is 2.35. The molecule has 0 amide bonds. The molecule has 3 heteroatoms. The van der Waals surface area contributed by atoms with E-state index in [0.29, 0.717) is 18.1 Å². The smallest absolute Gasteiger partial charge is 0.314 e. The van der Waals surface area contributed by atoms with E-state index < -0.39 is 0 Å². The van der Waals surface area contributed by atoms with Crippen molar-refractivity contribution in [2.45, 2.75) is 58.4 Å². The number of benzene rings is 1. The fourth-order valence-electron chi connectivity index (χ4n) is 4.69. The number of allylic oxidation sites excluding steroid dienone is 2. The summed E-state index contributed by atoms with van der Waals surface area (Å²) in [5.41, 5.74) is 1.44. The van der Waals surface area contributed by atoms with E-state index in [9.17, 15) is 4.79 Å². The van der Waals surface area contributed by atoms with Crippen molar-refractivity contribution in [2.24, 2.45) is 11.3 Å². The fourth-order valence-corrected chi connectivity index (χ4v) is 4.69. The largest absolute Gasteiger partial charge is 0.464 e. The number of hydrogen-bond donors (Lipinski definition) is 0. The van der Waals surface area contributed by atoms with Crippen LogP contribution in [-0.2, 0) is 9.53 Å². The topological polar surface area (TPSA) is 29.5 Å². The minimum absolute atomic E-state index is 0.0705. The monoisotopic (exact) mass is 355 g/mol. The molecule has 2 aliphatic rings. The molecule has 3 rings (SSSR count). The van der Waals surface area contributed by atoms with Gasteiger partial charge < -0.3 is 4.74 Å². The van der Waals surface area contributed by atoms with Crippen LogP contribution >= 0.6 is 0 Å². The van der Waals surface area contributed by atoms with E-state index in [1.807, 2.05) is 18.2 Å². The molecule has 3 atom stereocenters. The molecule has 142 valence electrons. The summed E-state index contributed by atoms with van der Waals surface area (Å²) in [5, 5.41) is 0. The Labute approximate surface area is 158 Å². The Bertz CT molecular complexity index is 622. The molecule has 3 nitrogen and oxygen atoms in total.